The van der Waals surface area contributed by atoms with Crippen LogP contribution in [0.3, 0.4) is 0 Å². The maximum atomic E-state index is 13.3. The second-order valence-corrected chi connectivity index (χ2v) is 6.95. The highest BCUT2D eigenvalue weighted by Gasteiger charge is 2.32. The monoisotopic (exact) mass is 385 g/mol. The number of hydrogen-bond acceptors (Lipinski definition) is 2. The van der Waals surface area contributed by atoms with Crippen LogP contribution in [0.2, 0.25) is 0 Å². The highest BCUT2D eigenvalue weighted by molar-refractivity contribution is 5.73. The fraction of sp³-hybridized carbons (Fsp3) is 0.318. The molecular formula is C22H22F3N3. The molecule has 0 spiro atoms. The van der Waals surface area contributed by atoms with Crippen molar-refractivity contribution < 1.29 is 13.2 Å². The quantitative estimate of drug-likeness (QED) is 0.533. The highest BCUT2D eigenvalue weighted by atomic mass is 19.4. The summed E-state index contributed by atoms with van der Waals surface area (Å²) in [6, 6.07) is 11.4. The summed E-state index contributed by atoms with van der Waals surface area (Å²) in [5, 5.41) is 6.78. The molecule has 2 aromatic carbocycles. The van der Waals surface area contributed by atoms with Crippen molar-refractivity contribution in [3.8, 4) is 0 Å². The van der Waals surface area contributed by atoms with Gasteiger partial charge in [-0.1, -0.05) is 48.6 Å². The summed E-state index contributed by atoms with van der Waals surface area (Å²) in [5.74, 6) is 0.655. The Morgan fingerprint density at radius 2 is 2.04 bits per heavy atom. The zero-order valence-electron chi connectivity index (χ0n) is 15.4. The molecule has 1 heterocycles. The van der Waals surface area contributed by atoms with Gasteiger partial charge in [0.15, 0.2) is 5.69 Å². The van der Waals surface area contributed by atoms with Crippen molar-refractivity contribution in [1.29, 1.82) is 0 Å². The average molecular weight is 385 g/mol. The van der Waals surface area contributed by atoms with Crippen LogP contribution >= 0.6 is 0 Å². The lowest BCUT2D eigenvalue weighted by molar-refractivity contribution is -0.137. The Labute approximate surface area is 163 Å². The number of nitrogens with zero attached hydrogens (tertiary/aromatic N) is 1. The van der Waals surface area contributed by atoms with Crippen LogP contribution < -0.4 is 10.6 Å². The van der Waals surface area contributed by atoms with Gasteiger partial charge in [-0.3, -0.25) is 0 Å². The molecule has 3 rings (SSSR count). The first kappa shape index (κ1) is 20.1. The van der Waals surface area contributed by atoms with E-state index in [0.717, 1.165) is 43.4 Å². The van der Waals surface area contributed by atoms with Crippen LogP contribution in [0.5, 0.6) is 0 Å². The maximum absolute atomic E-state index is 13.3. The molecule has 1 atom stereocenters. The summed E-state index contributed by atoms with van der Waals surface area (Å²) in [6.07, 6.45) is -0.190. The van der Waals surface area contributed by atoms with Gasteiger partial charge in [0.25, 0.3) is 0 Å². The van der Waals surface area contributed by atoms with Gasteiger partial charge in [-0.2, -0.15) is 13.2 Å². The lowest BCUT2D eigenvalue weighted by Gasteiger charge is -2.11. The predicted molar refractivity (Wildman–Crippen MR) is 106 cm³/mol. The molecule has 1 saturated heterocycles. The predicted octanol–water partition coefficient (Wildman–Crippen LogP) is 5.13. The molecule has 28 heavy (non-hydrogen) atoms. The normalized spacial score (nSPS) is 17.1. The SMILES string of the molecule is [C-]#[N+]c1ccc(/C=C/c2cccc(CNCC3CCNC3)c2)c(C(F)(F)F)c1. The molecule has 1 aliphatic rings. The van der Waals surface area contributed by atoms with Crippen molar-refractivity contribution in [1.82, 2.24) is 10.6 Å². The Hall–Kier alpha value is -2.62. The fourth-order valence-electron chi connectivity index (χ4n) is 3.31. The van der Waals surface area contributed by atoms with E-state index in [4.69, 9.17) is 6.57 Å². The van der Waals surface area contributed by atoms with Gasteiger partial charge in [-0.05, 0) is 54.7 Å². The summed E-state index contributed by atoms with van der Waals surface area (Å²) in [6.45, 7) is 10.7. The van der Waals surface area contributed by atoms with Crippen LogP contribution in [0.25, 0.3) is 17.0 Å². The van der Waals surface area contributed by atoms with Crippen LogP contribution in [-0.2, 0) is 12.7 Å². The van der Waals surface area contributed by atoms with Gasteiger partial charge in [0, 0.05) is 6.54 Å². The third-order valence-corrected chi connectivity index (χ3v) is 4.80. The lowest BCUT2D eigenvalue weighted by atomic mass is 10.0. The first-order valence-corrected chi connectivity index (χ1v) is 9.23. The van der Waals surface area contributed by atoms with Crippen molar-refractivity contribution in [2.45, 2.75) is 19.1 Å². The Bertz CT molecular complexity index is 875. The van der Waals surface area contributed by atoms with Crippen LogP contribution in [0.15, 0.2) is 42.5 Å². The zero-order valence-corrected chi connectivity index (χ0v) is 15.4. The van der Waals surface area contributed by atoms with Gasteiger partial charge >= 0.3 is 6.18 Å². The van der Waals surface area contributed by atoms with E-state index in [2.05, 4.69) is 15.5 Å². The molecule has 2 N–H and O–H groups in total. The molecule has 0 radical (unpaired) electrons. The summed E-state index contributed by atoms with van der Waals surface area (Å²) in [7, 11) is 0. The summed E-state index contributed by atoms with van der Waals surface area (Å²) in [4.78, 5) is 3.09. The van der Waals surface area contributed by atoms with Crippen molar-refractivity contribution in [3.05, 3.63) is 76.1 Å². The van der Waals surface area contributed by atoms with E-state index < -0.39 is 11.7 Å². The minimum Gasteiger partial charge on any atom is -0.316 e. The van der Waals surface area contributed by atoms with Crippen LogP contribution in [0.4, 0.5) is 18.9 Å². The van der Waals surface area contributed by atoms with Gasteiger partial charge in [0.05, 0.1) is 12.1 Å². The number of alkyl halides is 3. The molecule has 0 aromatic heterocycles. The molecule has 1 fully saturated rings. The van der Waals surface area contributed by atoms with Crippen LogP contribution in [0, 0.1) is 12.5 Å². The molecule has 0 aliphatic carbocycles. The van der Waals surface area contributed by atoms with E-state index in [9.17, 15) is 13.2 Å². The second-order valence-electron chi connectivity index (χ2n) is 6.95. The minimum atomic E-state index is -4.50. The van der Waals surface area contributed by atoms with Crippen molar-refractivity contribution in [2.75, 3.05) is 19.6 Å². The first-order chi connectivity index (χ1) is 13.5. The fourth-order valence-corrected chi connectivity index (χ4v) is 3.31. The number of rotatable bonds is 6. The standard InChI is InChI=1S/C22H22F3N3/c1-26-20-8-7-19(21(12-20)22(23,24)25)6-5-16-3-2-4-17(11-16)13-28-15-18-9-10-27-14-18/h2-8,11-12,18,27-28H,9-10,13-15H2/b6-5+. The molecule has 1 unspecified atom stereocenters. The van der Waals surface area contributed by atoms with Crippen LogP contribution in [-0.4, -0.2) is 19.6 Å². The minimum absolute atomic E-state index is 0.0185. The highest BCUT2D eigenvalue weighted by Crippen LogP contribution is 2.35. The second kappa shape index (κ2) is 9.05. The molecule has 0 saturated carbocycles. The molecule has 0 amide bonds. The van der Waals surface area contributed by atoms with Gasteiger partial charge < -0.3 is 10.6 Å². The average Bonchev–Trinajstić information content (AvgIpc) is 3.19. The smallest absolute Gasteiger partial charge is 0.316 e. The molecule has 1 aliphatic heterocycles. The van der Waals surface area contributed by atoms with E-state index in [1.165, 1.54) is 24.6 Å². The van der Waals surface area contributed by atoms with Crippen LogP contribution in [0.1, 0.15) is 28.7 Å². The van der Waals surface area contributed by atoms with E-state index >= 15 is 0 Å². The van der Waals surface area contributed by atoms with E-state index in [1.54, 1.807) is 6.08 Å². The van der Waals surface area contributed by atoms with Gasteiger partial charge in [-0.15, -0.1) is 0 Å². The number of nitrogens with one attached hydrogen (secondary N) is 2. The Kier molecular flexibility index (Phi) is 6.50. The van der Waals surface area contributed by atoms with E-state index in [1.807, 2.05) is 24.3 Å². The molecule has 0 bridgehead atoms. The third kappa shape index (κ3) is 5.44. The van der Waals surface area contributed by atoms with E-state index in [0.29, 0.717) is 5.92 Å². The maximum Gasteiger partial charge on any atom is 0.415 e. The Morgan fingerprint density at radius 3 is 2.75 bits per heavy atom. The Morgan fingerprint density at radius 1 is 1.18 bits per heavy atom. The van der Waals surface area contributed by atoms with Gasteiger partial charge in [0.1, 0.15) is 0 Å². The number of hydrogen-bond donors (Lipinski definition) is 2. The van der Waals surface area contributed by atoms with Gasteiger partial charge in [0.2, 0.25) is 0 Å². The third-order valence-electron chi connectivity index (χ3n) is 4.80. The van der Waals surface area contributed by atoms with E-state index in [-0.39, 0.29) is 11.3 Å². The molecular weight excluding hydrogens is 363 g/mol. The summed E-state index contributed by atoms with van der Waals surface area (Å²) in [5.41, 5.74) is 1.17. The van der Waals surface area contributed by atoms with Gasteiger partial charge in [-0.25, -0.2) is 4.85 Å². The molecule has 2 aromatic rings. The first-order valence-electron chi connectivity index (χ1n) is 9.23. The number of halogens is 3. The summed E-state index contributed by atoms with van der Waals surface area (Å²) < 4.78 is 39.8. The summed E-state index contributed by atoms with van der Waals surface area (Å²) >= 11 is 0. The molecule has 6 heteroatoms. The Balaban J connectivity index is 1.69. The van der Waals surface area contributed by atoms with Crippen molar-refractivity contribution in [3.63, 3.8) is 0 Å². The van der Waals surface area contributed by atoms with Crippen molar-refractivity contribution >= 4 is 17.8 Å². The number of benzene rings is 2. The largest absolute Gasteiger partial charge is 0.415 e. The lowest BCUT2D eigenvalue weighted by Crippen LogP contribution is -2.24. The zero-order chi connectivity index (χ0) is 20.0. The molecule has 3 nitrogen and oxygen atoms in total. The molecule has 146 valence electrons. The topological polar surface area (TPSA) is 28.4 Å². The van der Waals surface area contributed by atoms with Crippen molar-refractivity contribution in [2.24, 2.45) is 5.92 Å².